The summed E-state index contributed by atoms with van der Waals surface area (Å²) in [6, 6.07) is 2.94. The highest BCUT2D eigenvalue weighted by Gasteiger charge is 2.31. The van der Waals surface area contributed by atoms with Crippen molar-refractivity contribution in [2.45, 2.75) is 43.9 Å². The summed E-state index contributed by atoms with van der Waals surface area (Å²) in [5.41, 5.74) is 6.13. The van der Waals surface area contributed by atoms with Gasteiger partial charge in [0.1, 0.15) is 0 Å². The molecule has 0 radical (unpaired) electrons. The maximum Gasteiger partial charge on any atom is 0.156 e. The zero-order valence-electron chi connectivity index (χ0n) is 9.06. The SMILES string of the molecule is N#CC1CN(C2CCCCC2N)CCO1. The number of hydrogen-bond acceptors (Lipinski definition) is 4. The van der Waals surface area contributed by atoms with Crippen LogP contribution in [0.1, 0.15) is 25.7 Å². The van der Waals surface area contributed by atoms with Gasteiger partial charge >= 0.3 is 0 Å². The topological polar surface area (TPSA) is 62.3 Å². The van der Waals surface area contributed by atoms with Crippen molar-refractivity contribution in [2.24, 2.45) is 5.73 Å². The van der Waals surface area contributed by atoms with Crippen LogP contribution < -0.4 is 5.73 Å². The molecule has 1 saturated heterocycles. The molecule has 0 bridgehead atoms. The van der Waals surface area contributed by atoms with Crippen LogP contribution in [0.15, 0.2) is 0 Å². The molecular weight excluding hydrogens is 190 g/mol. The molecule has 2 rings (SSSR count). The first-order valence-electron chi connectivity index (χ1n) is 5.82. The van der Waals surface area contributed by atoms with Gasteiger partial charge in [-0.05, 0) is 12.8 Å². The van der Waals surface area contributed by atoms with Crippen LogP contribution in [0.3, 0.4) is 0 Å². The van der Waals surface area contributed by atoms with Crippen molar-refractivity contribution in [3.8, 4) is 6.07 Å². The summed E-state index contributed by atoms with van der Waals surface area (Å²) in [6.07, 6.45) is 4.57. The molecule has 3 unspecified atom stereocenters. The number of nitrogens with two attached hydrogens (primary N) is 1. The van der Waals surface area contributed by atoms with E-state index in [0.717, 1.165) is 19.5 Å². The fourth-order valence-corrected chi connectivity index (χ4v) is 2.64. The van der Waals surface area contributed by atoms with Gasteiger partial charge < -0.3 is 10.5 Å². The number of rotatable bonds is 1. The number of ether oxygens (including phenoxy) is 1. The smallest absolute Gasteiger partial charge is 0.156 e. The molecule has 4 nitrogen and oxygen atoms in total. The Morgan fingerprint density at radius 1 is 1.33 bits per heavy atom. The van der Waals surface area contributed by atoms with Gasteiger partial charge in [-0.1, -0.05) is 12.8 Å². The highest BCUT2D eigenvalue weighted by atomic mass is 16.5. The Hall–Kier alpha value is -0.630. The predicted octanol–water partition coefficient (Wildman–Crippen LogP) is 0.481. The quantitative estimate of drug-likeness (QED) is 0.682. The Bertz CT molecular complexity index is 251. The maximum absolute atomic E-state index is 8.84. The number of hydrogen-bond donors (Lipinski definition) is 1. The van der Waals surface area contributed by atoms with E-state index in [4.69, 9.17) is 15.7 Å². The first-order valence-corrected chi connectivity index (χ1v) is 5.82. The lowest BCUT2D eigenvalue weighted by Gasteiger charge is -2.41. The fourth-order valence-electron chi connectivity index (χ4n) is 2.64. The average molecular weight is 209 g/mol. The van der Waals surface area contributed by atoms with E-state index in [1.807, 2.05) is 0 Å². The van der Waals surface area contributed by atoms with E-state index in [1.165, 1.54) is 19.3 Å². The Morgan fingerprint density at radius 3 is 2.87 bits per heavy atom. The second kappa shape index (κ2) is 4.93. The second-order valence-electron chi connectivity index (χ2n) is 4.50. The summed E-state index contributed by atoms with van der Waals surface area (Å²) in [4.78, 5) is 2.35. The molecule has 0 spiro atoms. The highest BCUT2D eigenvalue weighted by Crippen LogP contribution is 2.23. The van der Waals surface area contributed by atoms with Crippen LogP contribution in [0.25, 0.3) is 0 Å². The van der Waals surface area contributed by atoms with Crippen LogP contribution >= 0.6 is 0 Å². The lowest BCUT2D eigenvalue weighted by atomic mass is 9.89. The molecular formula is C11H19N3O. The zero-order chi connectivity index (χ0) is 10.7. The van der Waals surface area contributed by atoms with Crippen LogP contribution in [0, 0.1) is 11.3 Å². The molecule has 0 aromatic rings. The van der Waals surface area contributed by atoms with Gasteiger partial charge in [0.2, 0.25) is 0 Å². The summed E-state index contributed by atoms with van der Waals surface area (Å²) < 4.78 is 5.34. The third-order valence-corrected chi connectivity index (χ3v) is 3.49. The van der Waals surface area contributed by atoms with Crippen LogP contribution in [-0.2, 0) is 4.74 Å². The summed E-state index contributed by atoms with van der Waals surface area (Å²) in [6.45, 7) is 2.33. The molecule has 1 aliphatic heterocycles. The summed E-state index contributed by atoms with van der Waals surface area (Å²) in [5, 5.41) is 8.84. The van der Waals surface area contributed by atoms with Crippen molar-refractivity contribution in [3.05, 3.63) is 0 Å². The number of morpholine rings is 1. The van der Waals surface area contributed by atoms with Gasteiger partial charge in [-0.3, -0.25) is 4.90 Å². The van der Waals surface area contributed by atoms with E-state index in [2.05, 4.69) is 11.0 Å². The standard InChI is InChI=1S/C11H19N3O/c12-7-9-8-14(5-6-15-9)11-4-2-1-3-10(11)13/h9-11H,1-6,8,13H2. The second-order valence-corrected chi connectivity index (χ2v) is 4.50. The van der Waals surface area contributed by atoms with Gasteiger partial charge in [-0.25, -0.2) is 0 Å². The van der Waals surface area contributed by atoms with Gasteiger partial charge in [0.25, 0.3) is 0 Å². The Labute approximate surface area is 91.0 Å². The molecule has 3 atom stereocenters. The Kier molecular flexibility index (Phi) is 3.57. The van der Waals surface area contributed by atoms with Crippen molar-refractivity contribution in [1.82, 2.24) is 4.90 Å². The summed E-state index contributed by atoms with van der Waals surface area (Å²) >= 11 is 0. The van der Waals surface area contributed by atoms with Crippen LogP contribution in [0.4, 0.5) is 0 Å². The Morgan fingerprint density at radius 2 is 2.13 bits per heavy atom. The third-order valence-electron chi connectivity index (χ3n) is 3.49. The lowest BCUT2D eigenvalue weighted by Crippen LogP contribution is -2.55. The van der Waals surface area contributed by atoms with Crippen molar-refractivity contribution >= 4 is 0 Å². The molecule has 2 aliphatic rings. The predicted molar refractivity (Wildman–Crippen MR) is 57.2 cm³/mol. The molecule has 1 aliphatic carbocycles. The van der Waals surface area contributed by atoms with Crippen LogP contribution in [0.5, 0.6) is 0 Å². The molecule has 2 N–H and O–H groups in total. The molecule has 15 heavy (non-hydrogen) atoms. The molecule has 4 heteroatoms. The molecule has 0 aromatic heterocycles. The van der Waals surface area contributed by atoms with Crippen LogP contribution in [-0.4, -0.2) is 42.8 Å². The number of nitrogens with zero attached hydrogens (tertiary/aromatic N) is 2. The van der Waals surface area contributed by atoms with E-state index in [-0.39, 0.29) is 12.1 Å². The number of nitriles is 1. The lowest BCUT2D eigenvalue weighted by molar-refractivity contribution is -0.0267. The molecule has 1 saturated carbocycles. The van der Waals surface area contributed by atoms with Crippen molar-refractivity contribution in [2.75, 3.05) is 19.7 Å². The highest BCUT2D eigenvalue weighted by molar-refractivity contribution is 4.94. The minimum atomic E-state index is -0.257. The van der Waals surface area contributed by atoms with Crippen molar-refractivity contribution in [1.29, 1.82) is 5.26 Å². The first-order chi connectivity index (χ1) is 7.31. The van der Waals surface area contributed by atoms with Gasteiger partial charge in [0, 0.05) is 25.2 Å². The maximum atomic E-state index is 8.84. The van der Waals surface area contributed by atoms with E-state index in [9.17, 15) is 0 Å². The summed E-state index contributed by atoms with van der Waals surface area (Å²) in [5.74, 6) is 0. The Balaban J connectivity index is 1.94. The van der Waals surface area contributed by atoms with E-state index in [1.54, 1.807) is 0 Å². The fraction of sp³-hybridized carbons (Fsp3) is 0.909. The van der Waals surface area contributed by atoms with E-state index >= 15 is 0 Å². The van der Waals surface area contributed by atoms with Gasteiger partial charge in [0.05, 0.1) is 12.7 Å². The van der Waals surface area contributed by atoms with Crippen LogP contribution in [0.2, 0.25) is 0 Å². The molecule has 1 heterocycles. The molecule has 0 aromatic carbocycles. The minimum absolute atomic E-state index is 0.257. The van der Waals surface area contributed by atoms with E-state index in [0.29, 0.717) is 12.6 Å². The molecule has 0 amide bonds. The largest absolute Gasteiger partial charge is 0.361 e. The first kappa shape index (κ1) is 10.9. The van der Waals surface area contributed by atoms with Gasteiger partial charge in [-0.2, -0.15) is 5.26 Å². The van der Waals surface area contributed by atoms with E-state index < -0.39 is 0 Å². The molecule has 2 fully saturated rings. The summed E-state index contributed by atoms with van der Waals surface area (Å²) in [7, 11) is 0. The molecule has 84 valence electrons. The van der Waals surface area contributed by atoms with Crippen molar-refractivity contribution in [3.63, 3.8) is 0 Å². The average Bonchev–Trinajstić information content (AvgIpc) is 2.30. The monoisotopic (exact) mass is 209 g/mol. The third kappa shape index (κ3) is 2.49. The van der Waals surface area contributed by atoms with Gasteiger partial charge in [-0.15, -0.1) is 0 Å². The normalized spacial score (nSPS) is 38.5. The zero-order valence-corrected chi connectivity index (χ0v) is 9.06. The minimum Gasteiger partial charge on any atom is -0.361 e. The van der Waals surface area contributed by atoms with Gasteiger partial charge in [0.15, 0.2) is 6.10 Å². The van der Waals surface area contributed by atoms with Crippen molar-refractivity contribution < 1.29 is 4.74 Å².